The number of nitrogens with one attached hydrogen (secondary N) is 2. The van der Waals surface area contributed by atoms with Crippen molar-refractivity contribution in [2.75, 3.05) is 40.4 Å². The van der Waals surface area contributed by atoms with Gasteiger partial charge in [-0.25, -0.2) is 0 Å². The maximum atomic E-state index is 6.05. The van der Waals surface area contributed by atoms with Gasteiger partial charge in [0.05, 0.1) is 19.0 Å². The Morgan fingerprint density at radius 2 is 1.71 bits per heavy atom. The minimum absolute atomic E-state index is 0.495. The first-order chi connectivity index (χ1) is 16.8. The van der Waals surface area contributed by atoms with E-state index in [1.165, 1.54) is 22.3 Å². The summed E-state index contributed by atoms with van der Waals surface area (Å²) in [7, 11) is 3.97. The largest absolute Gasteiger partial charge is 0.498 e. The average molecular weight is 461 g/mol. The lowest BCUT2D eigenvalue weighted by Crippen LogP contribution is -2.15. The van der Waals surface area contributed by atoms with E-state index in [-0.39, 0.29) is 0 Å². The lowest BCUT2D eigenvalue weighted by atomic mass is 9.74. The Hall–Kier alpha value is -2.56. The Morgan fingerprint density at radius 1 is 0.882 bits per heavy atom. The zero-order valence-corrected chi connectivity index (χ0v) is 20.9. The van der Waals surface area contributed by atoms with Crippen molar-refractivity contribution in [1.82, 2.24) is 10.6 Å². The van der Waals surface area contributed by atoms with Crippen molar-refractivity contribution in [2.24, 2.45) is 5.92 Å². The van der Waals surface area contributed by atoms with E-state index in [4.69, 9.17) is 9.47 Å². The van der Waals surface area contributed by atoms with Crippen molar-refractivity contribution >= 4 is 5.57 Å². The molecule has 3 aliphatic carbocycles. The van der Waals surface area contributed by atoms with Crippen LogP contribution in [0, 0.1) is 5.92 Å². The van der Waals surface area contributed by atoms with Crippen LogP contribution in [0.5, 0.6) is 5.75 Å². The Morgan fingerprint density at radius 3 is 2.41 bits per heavy atom. The van der Waals surface area contributed by atoms with Gasteiger partial charge in [0.2, 0.25) is 0 Å². The molecule has 182 valence electrons. The second kappa shape index (κ2) is 12.8. The summed E-state index contributed by atoms with van der Waals surface area (Å²) in [4.78, 5) is 0. The molecule has 34 heavy (non-hydrogen) atoms. The van der Waals surface area contributed by atoms with E-state index in [1.54, 1.807) is 5.57 Å². The predicted molar refractivity (Wildman–Crippen MR) is 142 cm³/mol. The molecular formula is C30H40N2O2. The molecule has 0 amide bonds. The van der Waals surface area contributed by atoms with Crippen molar-refractivity contribution in [2.45, 2.75) is 44.9 Å². The molecular weight excluding hydrogens is 420 g/mol. The molecule has 0 saturated carbocycles. The molecule has 1 atom stereocenters. The smallest absolute Gasteiger partial charge is 0.119 e. The van der Waals surface area contributed by atoms with E-state index < -0.39 is 0 Å². The summed E-state index contributed by atoms with van der Waals surface area (Å²) in [6, 6.07) is 6.73. The quantitative estimate of drug-likeness (QED) is 0.391. The Bertz CT molecular complexity index is 984. The fraction of sp³-hybridized carbons (Fsp3) is 0.467. The number of hydrogen-bond acceptors (Lipinski definition) is 4. The van der Waals surface area contributed by atoms with Gasteiger partial charge in [0.15, 0.2) is 0 Å². The van der Waals surface area contributed by atoms with E-state index in [2.05, 4.69) is 65.3 Å². The molecule has 0 aromatic heterocycles. The number of fused-ring (bicyclic) bond motifs is 1. The van der Waals surface area contributed by atoms with E-state index in [1.807, 2.05) is 14.1 Å². The van der Waals surface area contributed by atoms with E-state index in [0.29, 0.717) is 5.92 Å². The third kappa shape index (κ3) is 6.31. The molecule has 1 aromatic carbocycles. The lowest BCUT2D eigenvalue weighted by molar-refractivity contribution is 0.198. The Kier molecular flexibility index (Phi) is 9.23. The SMILES string of the molecule is CNCCCOC1=CC=C(C2=C(C3C=CC=CC3)CCc3cc(OCCCNC)ccc32)CC1. The van der Waals surface area contributed by atoms with Gasteiger partial charge in [0.1, 0.15) is 5.75 Å². The van der Waals surface area contributed by atoms with E-state index in [0.717, 1.165) is 82.8 Å². The minimum Gasteiger partial charge on any atom is -0.498 e. The number of allylic oxidation sites excluding steroid dienone is 10. The molecule has 1 unspecified atom stereocenters. The summed E-state index contributed by atoms with van der Waals surface area (Å²) in [6.45, 7) is 3.50. The van der Waals surface area contributed by atoms with Gasteiger partial charge >= 0.3 is 0 Å². The minimum atomic E-state index is 0.495. The van der Waals surface area contributed by atoms with Crippen LogP contribution in [0.15, 0.2) is 71.6 Å². The fourth-order valence-electron chi connectivity index (χ4n) is 5.10. The van der Waals surface area contributed by atoms with E-state index >= 15 is 0 Å². The average Bonchev–Trinajstić information content (AvgIpc) is 2.89. The van der Waals surface area contributed by atoms with Gasteiger partial charge in [-0.1, -0.05) is 42.0 Å². The number of hydrogen-bond donors (Lipinski definition) is 2. The third-order valence-corrected chi connectivity index (χ3v) is 6.89. The van der Waals surface area contributed by atoms with Crippen molar-refractivity contribution in [3.8, 4) is 5.75 Å². The number of benzene rings is 1. The van der Waals surface area contributed by atoms with Crippen LogP contribution in [0.1, 0.15) is 49.7 Å². The van der Waals surface area contributed by atoms with Crippen LogP contribution in [0.2, 0.25) is 0 Å². The molecule has 0 aliphatic heterocycles. The highest BCUT2D eigenvalue weighted by atomic mass is 16.5. The second-order valence-electron chi connectivity index (χ2n) is 9.31. The molecule has 0 bridgehead atoms. The lowest BCUT2D eigenvalue weighted by Gasteiger charge is -2.31. The molecule has 2 N–H and O–H groups in total. The normalized spacial score (nSPS) is 19.5. The first-order valence-electron chi connectivity index (χ1n) is 12.9. The molecule has 0 radical (unpaired) electrons. The molecule has 0 spiro atoms. The molecule has 3 aliphatic rings. The first kappa shape index (κ1) is 24.6. The van der Waals surface area contributed by atoms with Gasteiger partial charge in [0, 0.05) is 12.3 Å². The summed E-state index contributed by atoms with van der Waals surface area (Å²) in [5.41, 5.74) is 7.32. The maximum Gasteiger partial charge on any atom is 0.119 e. The zero-order valence-electron chi connectivity index (χ0n) is 20.9. The topological polar surface area (TPSA) is 42.5 Å². The molecule has 1 aromatic rings. The predicted octanol–water partition coefficient (Wildman–Crippen LogP) is 5.74. The van der Waals surface area contributed by atoms with Crippen LogP contribution in [0.3, 0.4) is 0 Å². The molecule has 4 rings (SSSR count). The number of aryl methyl sites for hydroxylation is 1. The van der Waals surface area contributed by atoms with Crippen molar-refractivity contribution < 1.29 is 9.47 Å². The standard InChI is InChI=1S/C30H40N2O2/c1-31-18-6-20-33-26-13-10-24(11-14-26)30-28(23-8-4-3-5-9-23)16-12-25-22-27(15-17-29(25)30)34-21-7-19-32-2/h3-5,8,10,13,15,17,22-23,31-32H,6-7,9,11-12,14,16,18-21H2,1-2H3. The van der Waals surface area contributed by atoms with E-state index in [9.17, 15) is 0 Å². The molecule has 4 nitrogen and oxygen atoms in total. The Balaban J connectivity index is 1.58. The monoisotopic (exact) mass is 460 g/mol. The van der Waals surface area contributed by atoms with Crippen LogP contribution in [0.25, 0.3) is 5.57 Å². The second-order valence-corrected chi connectivity index (χ2v) is 9.31. The van der Waals surface area contributed by atoms with Gasteiger partial charge in [0.25, 0.3) is 0 Å². The summed E-state index contributed by atoms with van der Waals surface area (Å²) in [6.07, 6.45) is 20.9. The maximum absolute atomic E-state index is 6.05. The third-order valence-electron chi connectivity index (χ3n) is 6.89. The summed E-state index contributed by atoms with van der Waals surface area (Å²) in [5.74, 6) is 2.60. The Labute approximate surface area is 205 Å². The van der Waals surface area contributed by atoms with Crippen LogP contribution in [0.4, 0.5) is 0 Å². The van der Waals surface area contributed by atoms with Gasteiger partial charge in [-0.2, -0.15) is 0 Å². The molecule has 0 saturated heterocycles. The number of rotatable bonds is 12. The number of ether oxygens (including phenoxy) is 2. The highest BCUT2D eigenvalue weighted by Crippen LogP contribution is 2.44. The van der Waals surface area contributed by atoms with Gasteiger partial charge < -0.3 is 20.1 Å². The van der Waals surface area contributed by atoms with Crippen LogP contribution in [-0.4, -0.2) is 40.4 Å². The van der Waals surface area contributed by atoms with Crippen LogP contribution >= 0.6 is 0 Å². The summed E-state index contributed by atoms with van der Waals surface area (Å²) in [5, 5.41) is 6.36. The summed E-state index contributed by atoms with van der Waals surface area (Å²) >= 11 is 0. The van der Waals surface area contributed by atoms with Crippen LogP contribution in [-0.2, 0) is 11.2 Å². The molecule has 0 fully saturated rings. The van der Waals surface area contributed by atoms with Gasteiger partial charge in [-0.15, -0.1) is 0 Å². The summed E-state index contributed by atoms with van der Waals surface area (Å²) < 4.78 is 12.1. The zero-order chi connectivity index (χ0) is 23.6. The van der Waals surface area contributed by atoms with Gasteiger partial charge in [-0.3, -0.25) is 0 Å². The van der Waals surface area contributed by atoms with Crippen LogP contribution < -0.4 is 15.4 Å². The highest BCUT2D eigenvalue weighted by Gasteiger charge is 2.27. The first-order valence-corrected chi connectivity index (χ1v) is 12.9. The van der Waals surface area contributed by atoms with Crippen molar-refractivity contribution in [3.05, 3.63) is 82.7 Å². The fourth-order valence-corrected chi connectivity index (χ4v) is 5.10. The van der Waals surface area contributed by atoms with Gasteiger partial charge in [-0.05, 0) is 106 Å². The molecule has 0 heterocycles. The molecule has 4 heteroatoms. The van der Waals surface area contributed by atoms with Crippen molar-refractivity contribution in [3.63, 3.8) is 0 Å². The van der Waals surface area contributed by atoms with Crippen molar-refractivity contribution in [1.29, 1.82) is 0 Å². The highest BCUT2D eigenvalue weighted by molar-refractivity contribution is 5.85.